The highest BCUT2D eigenvalue weighted by Crippen LogP contribution is 2.32. The summed E-state index contributed by atoms with van der Waals surface area (Å²) in [4.78, 5) is 26.4. The van der Waals surface area contributed by atoms with E-state index in [-0.39, 0.29) is 5.91 Å². The molecule has 0 spiro atoms. The number of aromatic nitrogens is 2. The van der Waals surface area contributed by atoms with Crippen molar-refractivity contribution in [1.82, 2.24) is 14.9 Å². The zero-order valence-corrected chi connectivity index (χ0v) is 17.7. The Morgan fingerprint density at radius 1 is 1.10 bits per heavy atom. The topological polar surface area (TPSA) is 49.3 Å². The van der Waals surface area contributed by atoms with Gasteiger partial charge in [0, 0.05) is 49.8 Å². The molecule has 0 aliphatic carbocycles. The Hall–Kier alpha value is -2.43. The molecular weight excluding hydrogens is 360 g/mol. The van der Waals surface area contributed by atoms with Crippen molar-refractivity contribution in [3.8, 4) is 0 Å². The van der Waals surface area contributed by atoms with Crippen LogP contribution in [0.3, 0.4) is 0 Å². The number of amides is 1. The molecule has 1 saturated heterocycles. The summed E-state index contributed by atoms with van der Waals surface area (Å²) in [5.74, 6) is 2.76. The largest absolute Gasteiger partial charge is 0.356 e. The summed E-state index contributed by atoms with van der Waals surface area (Å²) in [6.45, 7) is 7.80. The summed E-state index contributed by atoms with van der Waals surface area (Å²) in [6, 6.07) is 10.7. The summed E-state index contributed by atoms with van der Waals surface area (Å²) < 4.78 is 0. The van der Waals surface area contributed by atoms with Crippen molar-refractivity contribution in [2.75, 3.05) is 31.1 Å². The van der Waals surface area contributed by atoms with Gasteiger partial charge in [-0.1, -0.05) is 37.3 Å². The summed E-state index contributed by atoms with van der Waals surface area (Å²) in [5.41, 5.74) is 3.84. The van der Waals surface area contributed by atoms with Crippen LogP contribution in [0.2, 0.25) is 0 Å². The first-order valence-corrected chi connectivity index (χ1v) is 11.1. The molecule has 0 saturated carbocycles. The van der Waals surface area contributed by atoms with Crippen molar-refractivity contribution in [2.45, 2.75) is 58.3 Å². The number of anilines is 1. The van der Waals surface area contributed by atoms with Crippen LogP contribution in [0, 0.1) is 6.92 Å². The maximum Gasteiger partial charge on any atom is 0.222 e. The number of hydrogen-bond acceptors (Lipinski definition) is 4. The number of fused-ring (bicyclic) bond motifs is 1. The fraction of sp³-hybridized carbons (Fsp3) is 0.542. The minimum absolute atomic E-state index is 0.262. The molecular formula is C24H32N4O. The fourth-order valence-corrected chi connectivity index (χ4v) is 4.63. The molecule has 4 rings (SSSR count). The van der Waals surface area contributed by atoms with Crippen LogP contribution in [0.15, 0.2) is 30.3 Å². The Kier molecular flexibility index (Phi) is 6.12. The van der Waals surface area contributed by atoms with Crippen molar-refractivity contribution < 1.29 is 4.79 Å². The highest BCUT2D eigenvalue weighted by atomic mass is 16.2. The molecule has 1 aromatic carbocycles. The van der Waals surface area contributed by atoms with Gasteiger partial charge in [0.1, 0.15) is 11.6 Å². The quantitative estimate of drug-likeness (QED) is 0.774. The van der Waals surface area contributed by atoms with E-state index in [1.54, 1.807) is 0 Å². The van der Waals surface area contributed by atoms with Gasteiger partial charge in [0.15, 0.2) is 0 Å². The summed E-state index contributed by atoms with van der Waals surface area (Å²) in [7, 11) is 0. The molecule has 1 fully saturated rings. The zero-order chi connectivity index (χ0) is 20.2. The van der Waals surface area contributed by atoms with E-state index in [0.717, 1.165) is 69.2 Å². The number of aryl methyl sites for hydroxylation is 1. The Morgan fingerprint density at radius 3 is 2.59 bits per heavy atom. The number of carbonyl (C=O) groups excluding carboxylic acids is 1. The Morgan fingerprint density at radius 2 is 1.86 bits per heavy atom. The Balaban J connectivity index is 1.50. The molecule has 1 aromatic heterocycles. The molecule has 0 N–H and O–H groups in total. The van der Waals surface area contributed by atoms with Gasteiger partial charge < -0.3 is 9.80 Å². The van der Waals surface area contributed by atoms with E-state index < -0.39 is 0 Å². The maximum absolute atomic E-state index is 12.0. The first-order chi connectivity index (χ1) is 14.2. The number of piperidine rings is 1. The van der Waals surface area contributed by atoms with Crippen LogP contribution in [0.5, 0.6) is 0 Å². The molecule has 5 heteroatoms. The van der Waals surface area contributed by atoms with Crippen LogP contribution in [-0.2, 0) is 17.6 Å². The third-order valence-electron chi connectivity index (χ3n) is 6.39. The Bertz CT molecular complexity index is 843. The van der Waals surface area contributed by atoms with Gasteiger partial charge in [0.2, 0.25) is 5.91 Å². The average Bonchev–Trinajstić information content (AvgIpc) is 2.78. The normalized spacial score (nSPS) is 17.3. The highest BCUT2D eigenvalue weighted by Gasteiger charge is 2.28. The van der Waals surface area contributed by atoms with Crippen LogP contribution in [0.1, 0.15) is 61.2 Å². The first-order valence-electron chi connectivity index (χ1n) is 11.1. The SMILES string of the molecule is CCC(=O)N1CCC(c2nc(C)c3c(n2)N(CCc2ccccc2)CCC3)CC1. The van der Waals surface area contributed by atoms with Crippen molar-refractivity contribution >= 4 is 11.7 Å². The van der Waals surface area contributed by atoms with Crippen molar-refractivity contribution in [2.24, 2.45) is 0 Å². The zero-order valence-electron chi connectivity index (χ0n) is 17.7. The van der Waals surface area contributed by atoms with Gasteiger partial charge in [-0.15, -0.1) is 0 Å². The van der Waals surface area contributed by atoms with Crippen LogP contribution in [0.25, 0.3) is 0 Å². The molecule has 2 aromatic rings. The van der Waals surface area contributed by atoms with Crippen molar-refractivity contribution in [3.05, 3.63) is 53.0 Å². The van der Waals surface area contributed by atoms with Crippen molar-refractivity contribution in [1.29, 1.82) is 0 Å². The molecule has 2 aliphatic heterocycles. The highest BCUT2D eigenvalue weighted by molar-refractivity contribution is 5.75. The number of likely N-dealkylation sites (tertiary alicyclic amines) is 1. The summed E-state index contributed by atoms with van der Waals surface area (Å²) in [6.07, 6.45) is 5.81. The van der Waals surface area contributed by atoms with Crippen LogP contribution in [-0.4, -0.2) is 47.0 Å². The van der Waals surface area contributed by atoms with Crippen molar-refractivity contribution in [3.63, 3.8) is 0 Å². The molecule has 1 amide bonds. The lowest BCUT2D eigenvalue weighted by Gasteiger charge is -2.34. The molecule has 0 bridgehead atoms. The van der Waals surface area contributed by atoms with Gasteiger partial charge in [-0.05, 0) is 44.6 Å². The van der Waals surface area contributed by atoms with Crippen LogP contribution >= 0.6 is 0 Å². The van der Waals surface area contributed by atoms with E-state index in [1.807, 2.05) is 11.8 Å². The molecule has 0 radical (unpaired) electrons. The van der Waals surface area contributed by atoms with Crippen LogP contribution in [0.4, 0.5) is 5.82 Å². The lowest BCUT2D eigenvalue weighted by Crippen LogP contribution is -2.38. The second-order valence-corrected chi connectivity index (χ2v) is 8.30. The molecule has 0 atom stereocenters. The Labute approximate surface area is 174 Å². The maximum atomic E-state index is 12.0. The predicted molar refractivity (Wildman–Crippen MR) is 116 cm³/mol. The van der Waals surface area contributed by atoms with E-state index >= 15 is 0 Å². The number of nitrogens with zero attached hydrogens (tertiary/aromatic N) is 4. The number of hydrogen-bond donors (Lipinski definition) is 0. The third kappa shape index (κ3) is 4.44. The minimum Gasteiger partial charge on any atom is -0.356 e. The lowest BCUT2D eigenvalue weighted by atomic mass is 9.94. The van der Waals surface area contributed by atoms with E-state index in [4.69, 9.17) is 9.97 Å². The molecule has 5 nitrogen and oxygen atoms in total. The minimum atomic E-state index is 0.262. The van der Waals surface area contributed by atoms with Crippen LogP contribution < -0.4 is 4.90 Å². The average molecular weight is 393 g/mol. The predicted octanol–water partition coefficient (Wildman–Crippen LogP) is 3.90. The molecule has 0 unspecified atom stereocenters. The fourth-order valence-electron chi connectivity index (χ4n) is 4.63. The van der Waals surface area contributed by atoms with Gasteiger partial charge in [-0.25, -0.2) is 9.97 Å². The monoisotopic (exact) mass is 392 g/mol. The van der Waals surface area contributed by atoms with Gasteiger partial charge in [-0.2, -0.15) is 0 Å². The van der Waals surface area contributed by atoms with E-state index in [0.29, 0.717) is 12.3 Å². The van der Waals surface area contributed by atoms with Gasteiger partial charge >= 0.3 is 0 Å². The van der Waals surface area contributed by atoms with Gasteiger partial charge in [0.05, 0.1) is 0 Å². The second-order valence-electron chi connectivity index (χ2n) is 8.30. The van der Waals surface area contributed by atoms with Gasteiger partial charge in [0.25, 0.3) is 0 Å². The molecule has 3 heterocycles. The van der Waals surface area contributed by atoms with E-state index in [9.17, 15) is 4.79 Å². The molecule has 29 heavy (non-hydrogen) atoms. The van der Waals surface area contributed by atoms with Gasteiger partial charge in [-0.3, -0.25) is 4.79 Å². The number of carbonyl (C=O) groups is 1. The molecule has 2 aliphatic rings. The lowest BCUT2D eigenvalue weighted by molar-refractivity contribution is -0.131. The first kappa shape index (κ1) is 19.9. The number of benzene rings is 1. The van der Waals surface area contributed by atoms with E-state index in [2.05, 4.69) is 42.2 Å². The van der Waals surface area contributed by atoms with E-state index in [1.165, 1.54) is 17.5 Å². The smallest absolute Gasteiger partial charge is 0.222 e. The molecule has 154 valence electrons. The summed E-state index contributed by atoms with van der Waals surface area (Å²) >= 11 is 0. The second kappa shape index (κ2) is 8.93. The standard InChI is InChI=1S/C24H32N4O/c1-3-22(29)27-16-12-20(13-17-27)23-25-18(2)21-10-7-14-28(24(21)26-23)15-11-19-8-5-4-6-9-19/h4-6,8-9,20H,3,7,10-17H2,1-2H3. The third-order valence-corrected chi connectivity index (χ3v) is 6.39. The number of rotatable bonds is 5. The summed E-state index contributed by atoms with van der Waals surface area (Å²) in [5, 5.41) is 0.